The number of alkyl carbamates (subject to hydrolysis) is 1. The molecule has 2 atom stereocenters. The van der Waals surface area contributed by atoms with Gasteiger partial charge in [0.05, 0.1) is 0 Å². The highest BCUT2D eigenvalue weighted by Crippen LogP contribution is 2.13. The summed E-state index contributed by atoms with van der Waals surface area (Å²) in [7, 11) is 0. The van der Waals surface area contributed by atoms with Crippen LogP contribution < -0.4 is 16.0 Å². The zero-order valence-corrected chi connectivity index (χ0v) is 22.8. The molecular formula is C27H33ClN4O7. The molecule has 39 heavy (non-hydrogen) atoms. The third kappa shape index (κ3) is 12.4. The van der Waals surface area contributed by atoms with Gasteiger partial charge in [0, 0.05) is 30.3 Å². The lowest BCUT2D eigenvalue weighted by molar-refractivity contribution is -0.127. The Balaban J connectivity index is 2.05. The van der Waals surface area contributed by atoms with E-state index in [1.807, 2.05) is 6.07 Å². The van der Waals surface area contributed by atoms with Gasteiger partial charge in [-0.05, 0) is 56.9 Å². The van der Waals surface area contributed by atoms with Crippen LogP contribution in [0, 0.1) is 4.91 Å². The van der Waals surface area contributed by atoms with Crippen LogP contribution >= 0.6 is 11.6 Å². The topological polar surface area (TPSA) is 152 Å². The Morgan fingerprint density at radius 3 is 2.21 bits per heavy atom. The van der Waals surface area contributed by atoms with Gasteiger partial charge in [0.25, 0.3) is 0 Å². The number of hydrogen-bond acceptors (Lipinski definition) is 8. The molecule has 0 heterocycles. The molecule has 0 unspecified atom stereocenters. The Labute approximate surface area is 231 Å². The third-order valence-electron chi connectivity index (χ3n) is 5.25. The Morgan fingerprint density at radius 2 is 1.62 bits per heavy atom. The minimum absolute atomic E-state index is 0.0264. The molecule has 0 aromatic heterocycles. The molecule has 12 heteroatoms. The number of anilines is 1. The molecule has 2 aromatic carbocycles. The van der Waals surface area contributed by atoms with Crippen LogP contribution in [0.5, 0.6) is 0 Å². The number of nitrogens with one attached hydrogen (secondary N) is 3. The van der Waals surface area contributed by atoms with Crippen LogP contribution in [0.3, 0.4) is 0 Å². The Bertz CT molecular complexity index is 1120. The summed E-state index contributed by atoms with van der Waals surface area (Å²) in [6.45, 7) is 5.40. The van der Waals surface area contributed by atoms with E-state index >= 15 is 0 Å². The van der Waals surface area contributed by atoms with Crippen molar-refractivity contribution in [3.63, 3.8) is 0 Å². The number of carbonyl (C=O) groups excluding carboxylic acids is 4. The number of benzene rings is 2. The van der Waals surface area contributed by atoms with Gasteiger partial charge in [-0.3, -0.25) is 9.59 Å². The maximum absolute atomic E-state index is 13.1. The van der Waals surface area contributed by atoms with Crippen LogP contribution in [0.4, 0.5) is 15.3 Å². The fourth-order valence-electron chi connectivity index (χ4n) is 3.42. The summed E-state index contributed by atoms with van der Waals surface area (Å²) in [5, 5.41) is 10.9. The molecule has 0 aliphatic rings. The van der Waals surface area contributed by atoms with Crippen molar-refractivity contribution in [1.29, 1.82) is 0 Å². The highest BCUT2D eigenvalue weighted by Gasteiger charge is 2.27. The molecule has 0 saturated heterocycles. The van der Waals surface area contributed by atoms with E-state index in [-0.39, 0.29) is 26.0 Å². The van der Waals surface area contributed by atoms with Crippen LogP contribution in [0.25, 0.3) is 0 Å². The molecule has 0 aliphatic heterocycles. The van der Waals surface area contributed by atoms with E-state index in [1.54, 1.807) is 69.3 Å². The number of hydrogen-bond donors (Lipinski definition) is 3. The van der Waals surface area contributed by atoms with Crippen molar-refractivity contribution >= 4 is 40.6 Å². The second kappa shape index (κ2) is 15.4. The molecule has 210 valence electrons. The van der Waals surface area contributed by atoms with Crippen LogP contribution in [-0.4, -0.2) is 47.6 Å². The van der Waals surface area contributed by atoms with Gasteiger partial charge in [0.15, 0.2) is 6.04 Å². The quantitative estimate of drug-likeness (QED) is 0.183. The molecule has 0 bridgehead atoms. The molecule has 3 amide bonds. The van der Waals surface area contributed by atoms with E-state index in [9.17, 15) is 24.1 Å². The number of halogens is 1. The third-order valence-corrected chi connectivity index (χ3v) is 5.36. The second-order valence-electron chi connectivity index (χ2n) is 9.66. The summed E-state index contributed by atoms with van der Waals surface area (Å²) in [4.78, 5) is 60.1. The summed E-state index contributed by atoms with van der Waals surface area (Å²) in [5.41, 5.74) is 0.251. The molecule has 3 N–H and O–H groups in total. The molecule has 2 rings (SSSR count). The van der Waals surface area contributed by atoms with Gasteiger partial charge in [0.2, 0.25) is 11.8 Å². The van der Waals surface area contributed by atoms with Crippen molar-refractivity contribution in [2.45, 2.75) is 64.3 Å². The van der Waals surface area contributed by atoms with Gasteiger partial charge < -0.3 is 25.4 Å². The monoisotopic (exact) mass is 560 g/mol. The van der Waals surface area contributed by atoms with Crippen LogP contribution in [0.2, 0.25) is 0 Å². The van der Waals surface area contributed by atoms with Gasteiger partial charge in [-0.15, -0.1) is 4.91 Å². The summed E-state index contributed by atoms with van der Waals surface area (Å²) in [6.07, 6.45) is -0.0220. The van der Waals surface area contributed by atoms with E-state index < -0.39 is 41.0 Å². The first kappa shape index (κ1) is 31.2. The highest BCUT2D eigenvalue weighted by atomic mass is 35.5. The van der Waals surface area contributed by atoms with Crippen molar-refractivity contribution < 1.29 is 28.7 Å². The van der Waals surface area contributed by atoms with Crippen molar-refractivity contribution in [3.8, 4) is 0 Å². The lowest BCUT2D eigenvalue weighted by Gasteiger charge is -2.21. The summed E-state index contributed by atoms with van der Waals surface area (Å²) in [6, 6.07) is 13.2. The van der Waals surface area contributed by atoms with Crippen molar-refractivity contribution in [1.82, 2.24) is 10.6 Å². The lowest BCUT2D eigenvalue weighted by atomic mass is 10.0. The predicted molar refractivity (Wildman–Crippen MR) is 146 cm³/mol. The summed E-state index contributed by atoms with van der Waals surface area (Å²) in [5.74, 6) is -1.21. The van der Waals surface area contributed by atoms with E-state index in [0.717, 1.165) is 5.56 Å². The van der Waals surface area contributed by atoms with Crippen molar-refractivity contribution in [3.05, 3.63) is 70.6 Å². The normalized spacial score (nSPS) is 12.4. The fraction of sp³-hybridized carbons (Fsp3) is 0.407. The summed E-state index contributed by atoms with van der Waals surface area (Å²) < 4.78 is 9.92. The molecule has 0 fully saturated rings. The van der Waals surface area contributed by atoms with Crippen LogP contribution in [0.1, 0.15) is 44.7 Å². The molecule has 11 nitrogen and oxygen atoms in total. The first-order valence-electron chi connectivity index (χ1n) is 12.3. The fourth-order valence-corrected chi connectivity index (χ4v) is 3.47. The van der Waals surface area contributed by atoms with Gasteiger partial charge in [-0.1, -0.05) is 47.6 Å². The number of ether oxygens (including phenoxy) is 2. The zero-order valence-electron chi connectivity index (χ0n) is 22.1. The summed E-state index contributed by atoms with van der Waals surface area (Å²) >= 11 is 5.17. The number of nitrogens with zero attached hydrogens (tertiary/aromatic N) is 1. The van der Waals surface area contributed by atoms with E-state index in [1.165, 1.54) is 0 Å². The zero-order chi connectivity index (χ0) is 28.8. The van der Waals surface area contributed by atoms with Crippen LogP contribution in [0.15, 0.2) is 59.8 Å². The van der Waals surface area contributed by atoms with Gasteiger partial charge in [0.1, 0.15) is 18.2 Å². The maximum atomic E-state index is 13.1. The largest absolute Gasteiger partial charge is 0.449 e. The average Bonchev–Trinajstić information content (AvgIpc) is 2.88. The van der Waals surface area contributed by atoms with Gasteiger partial charge in [-0.25, -0.2) is 9.59 Å². The standard InChI is InChI=1S/C27H33ClN4O7/c1-27(2,3)39-26(36)29-15-7-10-21(31-24(34)22(32-37)16-18-8-5-4-6-9-18)23(33)30-20-13-11-19(12-14-20)17-38-25(28)35/h4-6,8-9,11-14,21-22H,7,10,15-17H2,1-3H3,(H,29,36)(H,30,33)(H,31,34)/t21-,22-/m0/s1. The first-order valence-corrected chi connectivity index (χ1v) is 12.7. The second-order valence-corrected chi connectivity index (χ2v) is 9.96. The van der Waals surface area contributed by atoms with Gasteiger partial charge in [-0.2, -0.15) is 0 Å². The van der Waals surface area contributed by atoms with Crippen LogP contribution in [-0.2, 0) is 32.1 Å². The van der Waals surface area contributed by atoms with E-state index in [0.29, 0.717) is 17.7 Å². The van der Waals surface area contributed by atoms with E-state index in [4.69, 9.17) is 21.1 Å². The first-order chi connectivity index (χ1) is 18.5. The number of carbonyl (C=O) groups is 4. The SMILES string of the molecule is CC(C)(C)OC(=O)NCCC[C@H](NC(=O)[C@H](Cc1ccccc1)N=O)C(=O)Nc1ccc(COC(=O)Cl)cc1. The highest BCUT2D eigenvalue weighted by molar-refractivity contribution is 6.61. The number of amides is 3. The number of nitroso groups, excluding NO2 is 1. The minimum atomic E-state index is -1.23. The molecule has 0 saturated carbocycles. The van der Waals surface area contributed by atoms with Crippen molar-refractivity contribution in [2.24, 2.45) is 5.18 Å². The molecule has 0 spiro atoms. The molecule has 2 aromatic rings. The predicted octanol–water partition coefficient (Wildman–Crippen LogP) is 4.67. The van der Waals surface area contributed by atoms with Gasteiger partial charge >= 0.3 is 11.5 Å². The molecule has 0 radical (unpaired) electrons. The lowest BCUT2D eigenvalue weighted by Crippen LogP contribution is -2.48. The number of rotatable bonds is 13. The van der Waals surface area contributed by atoms with Crippen molar-refractivity contribution in [2.75, 3.05) is 11.9 Å². The molecular weight excluding hydrogens is 528 g/mol. The average molecular weight is 561 g/mol. The Kier molecular flexibility index (Phi) is 12.4. The maximum Gasteiger partial charge on any atom is 0.407 e. The van der Waals surface area contributed by atoms with E-state index in [2.05, 4.69) is 21.1 Å². The smallest absolute Gasteiger partial charge is 0.407 e. The minimum Gasteiger partial charge on any atom is -0.449 e. The Hall–Kier alpha value is -3.99. The Morgan fingerprint density at radius 1 is 0.949 bits per heavy atom. The molecule has 0 aliphatic carbocycles.